The number of carbonyl (C=O) groups is 1. The fourth-order valence-corrected chi connectivity index (χ4v) is 5.49. The number of fused-ring (bicyclic) bond motifs is 1. The monoisotopic (exact) mass is 614 g/mol. The molecular weight excluding hydrogens is 584 g/mol. The summed E-state index contributed by atoms with van der Waals surface area (Å²) in [6.45, 7) is -6.40. The van der Waals surface area contributed by atoms with Gasteiger partial charge in [0.15, 0.2) is 9.84 Å². The van der Waals surface area contributed by atoms with E-state index in [-0.39, 0.29) is 43.4 Å². The second-order valence-electron chi connectivity index (χ2n) is 9.11. The van der Waals surface area contributed by atoms with Gasteiger partial charge in [0, 0.05) is 33.6 Å². The van der Waals surface area contributed by atoms with Gasteiger partial charge in [0.2, 0.25) is 0 Å². The van der Waals surface area contributed by atoms with Crippen LogP contribution in [0.5, 0.6) is 0 Å². The number of alkyl halides is 4. The molecule has 1 heterocycles. The van der Waals surface area contributed by atoms with E-state index in [2.05, 4.69) is 5.32 Å². The summed E-state index contributed by atoms with van der Waals surface area (Å²) in [7, 11) is -3.47. The summed E-state index contributed by atoms with van der Waals surface area (Å²) in [6, 6.07) is 12.6. The molecule has 0 aliphatic carbocycles. The second-order valence-corrected chi connectivity index (χ2v) is 11.8. The molecule has 4 aromatic rings. The van der Waals surface area contributed by atoms with Crippen LogP contribution in [0.2, 0.25) is 5.02 Å². The minimum atomic E-state index is -4.83. The van der Waals surface area contributed by atoms with Gasteiger partial charge >= 0.3 is 6.18 Å². The topological polar surface area (TPSA) is 88.4 Å². The van der Waals surface area contributed by atoms with Crippen LogP contribution in [0.15, 0.2) is 71.6 Å². The highest BCUT2D eigenvalue weighted by Gasteiger charge is 2.33. The number of benzene rings is 3. The normalized spacial score (nSPS) is 15.1. The summed E-state index contributed by atoms with van der Waals surface area (Å²) in [5.41, 5.74) is -1.35. The third-order valence-corrected chi connectivity index (χ3v) is 8.54. The van der Waals surface area contributed by atoms with Crippen molar-refractivity contribution in [1.82, 2.24) is 9.88 Å². The molecule has 0 saturated heterocycles. The van der Waals surface area contributed by atoms with E-state index in [1.807, 2.05) is 0 Å². The smallest absolute Gasteiger partial charge is 0.394 e. The summed E-state index contributed by atoms with van der Waals surface area (Å²) in [5.74, 6) is -0.824. The third-order valence-electron chi connectivity index (χ3n) is 6.55. The first-order chi connectivity index (χ1) is 20.8. The minimum Gasteiger partial charge on any atom is -0.394 e. The van der Waals surface area contributed by atoms with Crippen LogP contribution in [0.25, 0.3) is 10.9 Å². The average Bonchev–Trinajstić information content (AvgIpc) is 3.33. The third kappa shape index (κ3) is 6.74. The summed E-state index contributed by atoms with van der Waals surface area (Å²) < 4.78 is 112. The Morgan fingerprint density at radius 2 is 1.80 bits per heavy atom. The molecule has 0 aliphatic rings. The predicted octanol–water partition coefficient (Wildman–Crippen LogP) is 6.13. The van der Waals surface area contributed by atoms with Crippen molar-refractivity contribution >= 4 is 38.2 Å². The molecular formula is C29H27ClF4N2O4S. The quantitative estimate of drug-likeness (QED) is 0.210. The zero-order chi connectivity index (χ0) is 33.5. The molecule has 218 valence electrons. The number of aliphatic hydroxyl groups excluding tert-OH is 1. The molecule has 1 amide bonds. The Morgan fingerprint density at radius 1 is 1.10 bits per heavy atom. The van der Waals surface area contributed by atoms with Crippen LogP contribution in [-0.2, 0) is 28.9 Å². The Hall–Kier alpha value is -3.41. The average molecular weight is 615 g/mol. The molecule has 0 aliphatic heterocycles. The highest BCUT2D eigenvalue weighted by molar-refractivity contribution is 7.91. The van der Waals surface area contributed by atoms with Gasteiger partial charge in [-0.1, -0.05) is 36.7 Å². The Bertz CT molecular complexity index is 1840. The van der Waals surface area contributed by atoms with Crippen molar-refractivity contribution in [3.8, 4) is 0 Å². The SMILES string of the molecule is [2H]C([2H])(F)C([2H])([2H])n1c(Cc2ccc(Cl)cc2C(F)(F)F)cc2cc(C(=O)N[C@@H](CO)c3ccc(S(=O)(=O)CC)cc3)ccc21. The van der Waals surface area contributed by atoms with E-state index in [4.69, 9.17) is 17.1 Å². The predicted molar refractivity (Wildman–Crippen MR) is 149 cm³/mol. The van der Waals surface area contributed by atoms with E-state index < -0.39 is 59.7 Å². The molecule has 4 rings (SSSR count). The molecule has 1 atom stereocenters. The number of aryl methyl sites for hydroxylation is 1. The molecule has 6 nitrogen and oxygen atoms in total. The largest absolute Gasteiger partial charge is 0.416 e. The number of sulfone groups is 1. The zero-order valence-electron chi connectivity index (χ0n) is 25.5. The van der Waals surface area contributed by atoms with Gasteiger partial charge in [-0.05, 0) is 59.7 Å². The van der Waals surface area contributed by atoms with E-state index in [9.17, 15) is 35.9 Å². The van der Waals surface area contributed by atoms with Crippen molar-refractivity contribution in [3.63, 3.8) is 0 Å². The number of rotatable bonds is 10. The fourth-order valence-electron chi connectivity index (χ4n) is 4.43. The van der Waals surface area contributed by atoms with E-state index in [0.29, 0.717) is 16.2 Å². The van der Waals surface area contributed by atoms with Gasteiger partial charge in [-0.25, -0.2) is 12.8 Å². The Morgan fingerprint density at radius 3 is 2.41 bits per heavy atom. The van der Waals surface area contributed by atoms with Gasteiger partial charge in [-0.3, -0.25) is 4.79 Å². The maximum atomic E-state index is 14.6. The van der Waals surface area contributed by atoms with Crippen LogP contribution in [-0.4, -0.2) is 43.0 Å². The number of nitrogens with zero attached hydrogens (tertiary/aromatic N) is 1. The molecule has 2 N–H and O–H groups in total. The number of aromatic nitrogens is 1. The minimum absolute atomic E-state index is 0.0128. The molecule has 0 unspecified atom stereocenters. The number of carbonyl (C=O) groups excluding carboxylic acids is 1. The molecule has 0 fully saturated rings. The number of amides is 1. The lowest BCUT2D eigenvalue weighted by atomic mass is 10.0. The van der Waals surface area contributed by atoms with Crippen LogP contribution in [0.1, 0.15) is 51.2 Å². The Labute approximate surface area is 245 Å². The number of hydrogen-bond donors (Lipinski definition) is 2. The van der Waals surface area contributed by atoms with Crippen molar-refractivity contribution in [1.29, 1.82) is 0 Å². The van der Waals surface area contributed by atoms with Crippen molar-refractivity contribution in [3.05, 3.63) is 99.7 Å². The molecule has 0 saturated carbocycles. The van der Waals surface area contributed by atoms with E-state index in [1.165, 1.54) is 61.5 Å². The molecule has 0 spiro atoms. The maximum absolute atomic E-state index is 14.6. The van der Waals surface area contributed by atoms with Crippen molar-refractivity contribution in [2.24, 2.45) is 0 Å². The highest BCUT2D eigenvalue weighted by atomic mass is 35.5. The Kier molecular flexibility index (Phi) is 7.54. The summed E-state index contributed by atoms with van der Waals surface area (Å²) in [5, 5.41) is 12.4. The van der Waals surface area contributed by atoms with Gasteiger partial charge in [-0.15, -0.1) is 0 Å². The van der Waals surface area contributed by atoms with Crippen molar-refractivity contribution in [2.45, 2.75) is 37.0 Å². The van der Waals surface area contributed by atoms with E-state index >= 15 is 0 Å². The molecule has 0 bridgehead atoms. The van der Waals surface area contributed by atoms with Crippen LogP contribution < -0.4 is 5.32 Å². The summed E-state index contributed by atoms with van der Waals surface area (Å²) in [6.07, 6.45) is -5.42. The summed E-state index contributed by atoms with van der Waals surface area (Å²) in [4.78, 5) is 13.2. The molecule has 1 aromatic heterocycles. The fraction of sp³-hybridized carbons (Fsp3) is 0.276. The highest BCUT2D eigenvalue weighted by Crippen LogP contribution is 2.35. The van der Waals surface area contributed by atoms with Crippen molar-refractivity contribution in [2.75, 3.05) is 19.0 Å². The number of aliphatic hydroxyl groups is 1. The number of hydrogen-bond acceptors (Lipinski definition) is 4. The first kappa shape index (κ1) is 25.3. The molecule has 3 aromatic carbocycles. The first-order valence-corrected chi connectivity index (χ1v) is 14.3. The second kappa shape index (κ2) is 12.2. The van der Waals surface area contributed by atoms with E-state index in [1.54, 1.807) is 0 Å². The number of halogens is 5. The van der Waals surface area contributed by atoms with Gasteiger partial charge in [0.25, 0.3) is 5.91 Å². The van der Waals surface area contributed by atoms with Crippen LogP contribution in [0.3, 0.4) is 0 Å². The lowest BCUT2D eigenvalue weighted by Crippen LogP contribution is -2.30. The summed E-state index contributed by atoms with van der Waals surface area (Å²) >= 11 is 5.78. The van der Waals surface area contributed by atoms with Crippen LogP contribution >= 0.6 is 11.6 Å². The van der Waals surface area contributed by atoms with Gasteiger partial charge in [0.1, 0.15) is 6.63 Å². The lowest BCUT2D eigenvalue weighted by Gasteiger charge is -2.17. The van der Waals surface area contributed by atoms with Gasteiger partial charge < -0.3 is 15.0 Å². The van der Waals surface area contributed by atoms with Gasteiger partial charge in [-0.2, -0.15) is 13.2 Å². The molecule has 41 heavy (non-hydrogen) atoms. The maximum Gasteiger partial charge on any atom is 0.416 e. The molecule has 0 radical (unpaired) electrons. The number of nitrogens with one attached hydrogen (secondary N) is 1. The zero-order valence-corrected chi connectivity index (χ0v) is 23.0. The van der Waals surface area contributed by atoms with Crippen LogP contribution in [0, 0.1) is 0 Å². The van der Waals surface area contributed by atoms with E-state index in [0.717, 1.165) is 6.07 Å². The van der Waals surface area contributed by atoms with Gasteiger partial charge in [0.05, 0.1) is 40.8 Å². The van der Waals surface area contributed by atoms with Crippen LogP contribution in [0.4, 0.5) is 17.6 Å². The standard InChI is InChI=1S/C29H27ClF4N2O4S/c1-2-41(39,40)24-8-4-18(5-9-24)26(17-37)35-28(38)20-6-10-27-21(13-20)15-23(36(27)12-11-31)14-19-3-7-22(30)16-25(19)29(32,33)34/h3-10,13,15-16,26,37H,2,11-12,14,17H2,1H3,(H,35,38)/t26-/m0/s1/i11D2,12D2. The van der Waals surface area contributed by atoms with Crippen molar-refractivity contribution < 1.29 is 41.4 Å². The first-order valence-electron chi connectivity index (χ1n) is 14.2. The lowest BCUT2D eigenvalue weighted by molar-refractivity contribution is -0.138. The Balaban J connectivity index is 1.74. The molecule has 12 heteroatoms.